The predicted molar refractivity (Wildman–Crippen MR) is 120 cm³/mol. The highest BCUT2D eigenvalue weighted by Crippen LogP contribution is 2.32. The number of hydrogen-bond acceptors (Lipinski definition) is 5. The summed E-state index contributed by atoms with van der Waals surface area (Å²) >= 11 is 0. The molecule has 1 N–H and O–H groups in total. The maximum Gasteiger partial charge on any atom is 0.309 e. The van der Waals surface area contributed by atoms with Crippen LogP contribution in [-0.2, 0) is 21.2 Å². The van der Waals surface area contributed by atoms with E-state index >= 15 is 0 Å². The van der Waals surface area contributed by atoms with Crippen molar-refractivity contribution >= 4 is 26.9 Å². The Hall–Kier alpha value is -2.91. The third kappa shape index (κ3) is 4.35. The summed E-state index contributed by atoms with van der Waals surface area (Å²) in [6.07, 6.45) is 0.438. The first-order chi connectivity index (χ1) is 15.1. The van der Waals surface area contributed by atoms with Crippen molar-refractivity contribution in [3.63, 3.8) is 0 Å². The molecule has 1 atom stereocenters. The maximum atomic E-state index is 13.2. The zero-order valence-electron chi connectivity index (χ0n) is 18.4. The fourth-order valence-electron chi connectivity index (χ4n) is 4.11. The van der Waals surface area contributed by atoms with Crippen molar-refractivity contribution in [3.05, 3.63) is 53.7 Å². The average Bonchev–Trinajstić information content (AvgIpc) is 3.33. The first-order valence-electron chi connectivity index (χ1n) is 10.6. The minimum atomic E-state index is -3.65. The van der Waals surface area contributed by atoms with Crippen molar-refractivity contribution in [1.82, 2.24) is 14.1 Å². The number of aliphatic carboxylic acids is 1. The second-order valence-electron chi connectivity index (χ2n) is 8.43. The highest BCUT2D eigenvalue weighted by molar-refractivity contribution is 7.89. The Morgan fingerprint density at radius 1 is 1.22 bits per heavy atom. The van der Waals surface area contributed by atoms with Crippen LogP contribution in [0.25, 0.3) is 10.9 Å². The molecule has 0 aliphatic carbocycles. The maximum absolute atomic E-state index is 13.2. The van der Waals surface area contributed by atoms with E-state index in [1.807, 2.05) is 39.0 Å². The summed E-state index contributed by atoms with van der Waals surface area (Å²) < 4.78 is 35.2. The topological polar surface area (TPSA) is 102 Å². The summed E-state index contributed by atoms with van der Waals surface area (Å²) in [6.45, 7) is 6.43. The molecular formula is C23H27N3O5S. The summed E-state index contributed by atoms with van der Waals surface area (Å²) in [6, 6.07) is 12.1. The van der Waals surface area contributed by atoms with Crippen LogP contribution in [0, 0.1) is 6.92 Å². The molecule has 1 fully saturated rings. The smallest absolute Gasteiger partial charge is 0.309 e. The molecule has 32 heavy (non-hydrogen) atoms. The van der Waals surface area contributed by atoms with Crippen LogP contribution in [0.5, 0.6) is 5.75 Å². The van der Waals surface area contributed by atoms with E-state index in [9.17, 15) is 18.3 Å². The van der Waals surface area contributed by atoms with Gasteiger partial charge in [0.25, 0.3) is 0 Å². The van der Waals surface area contributed by atoms with Gasteiger partial charge in [0.15, 0.2) is 0 Å². The van der Waals surface area contributed by atoms with E-state index in [4.69, 9.17) is 4.74 Å². The second kappa shape index (κ2) is 8.55. The van der Waals surface area contributed by atoms with E-state index in [-0.39, 0.29) is 30.0 Å². The average molecular weight is 458 g/mol. The number of aromatic nitrogens is 2. The molecule has 0 saturated carbocycles. The number of benzene rings is 2. The molecule has 1 aliphatic rings. The Bertz CT molecular complexity index is 1250. The van der Waals surface area contributed by atoms with E-state index in [0.29, 0.717) is 24.4 Å². The largest absolute Gasteiger partial charge is 0.491 e. The molecule has 2 aromatic carbocycles. The van der Waals surface area contributed by atoms with E-state index in [1.54, 1.807) is 28.9 Å². The van der Waals surface area contributed by atoms with Gasteiger partial charge in [0, 0.05) is 18.5 Å². The van der Waals surface area contributed by atoms with Gasteiger partial charge in [-0.15, -0.1) is 0 Å². The lowest BCUT2D eigenvalue weighted by molar-refractivity contribution is -0.136. The normalized spacial score (nSPS) is 17.3. The number of nitrogens with zero attached hydrogens (tertiary/aromatic N) is 3. The van der Waals surface area contributed by atoms with Crippen LogP contribution in [0.15, 0.2) is 47.4 Å². The number of carbonyl (C=O) groups is 1. The Morgan fingerprint density at radius 3 is 2.59 bits per heavy atom. The van der Waals surface area contributed by atoms with Crippen LogP contribution in [0.3, 0.4) is 0 Å². The van der Waals surface area contributed by atoms with E-state index < -0.39 is 16.0 Å². The van der Waals surface area contributed by atoms with Crippen molar-refractivity contribution < 1.29 is 23.1 Å². The number of aryl methyl sites for hydroxylation is 1. The van der Waals surface area contributed by atoms with Crippen molar-refractivity contribution in [2.75, 3.05) is 13.1 Å². The zero-order valence-corrected chi connectivity index (χ0v) is 19.2. The van der Waals surface area contributed by atoms with E-state index in [0.717, 1.165) is 16.5 Å². The molecule has 4 rings (SSSR count). The van der Waals surface area contributed by atoms with Crippen LogP contribution in [-0.4, -0.2) is 52.8 Å². The lowest BCUT2D eigenvalue weighted by Gasteiger charge is -2.18. The van der Waals surface area contributed by atoms with Gasteiger partial charge in [0.2, 0.25) is 10.0 Å². The number of hydrogen-bond donors (Lipinski definition) is 1. The predicted octanol–water partition coefficient (Wildman–Crippen LogP) is 3.39. The SMILES string of the molecule is Cc1ccc2c(c1)c(CC(=O)O)nn2[C@@H]1CCN(S(=O)(=O)c2ccc(OC(C)C)cc2)C1. The van der Waals surface area contributed by atoms with Crippen LogP contribution in [0.4, 0.5) is 0 Å². The highest BCUT2D eigenvalue weighted by Gasteiger charge is 2.34. The van der Waals surface area contributed by atoms with Crippen molar-refractivity contribution in [2.45, 2.75) is 50.7 Å². The number of fused-ring (bicyclic) bond motifs is 1. The third-order valence-corrected chi connectivity index (χ3v) is 7.44. The van der Waals surface area contributed by atoms with Crippen LogP contribution < -0.4 is 4.74 Å². The molecule has 3 aromatic rings. The first-order valence-corrected chi connectivity index (χ1v) is 12.1. The fourth-order valence-corrected chi connectivity index (χ4v) is 5.60. The van der Waals surface area contributed by atoms with Crippen molar-refractivity contribution in [1.29, 1.82) is 0 Å². The third-order valence-electron chi connectivity index (χ3n) is 5.56. The molecule has 1 aromatic heterocycles. The van der Waals surface area contributed by atoms with Crippen molar-refractivity contribution in [3.8, 4) is 5.75 Å². The number of rotatable bonds is 7. The second-order valence-corrected chi connectivity index (χ2v) is 10.4. The monoisotopic (exact) mass is 457 g/mol. The number of carboxylic acid groups (broad SMARTS) is 1. The number of carboxylic acids is 1. The molecule has 1 saturated heterocycles. The van der Waals surface area contributed by atoms with Gasteiger partial charge in [0.1, 0.15) is 5.75 Å². The Balaban J connectivity index is 1.59. The highest BCUT2D eigenvalue weighted by atomic mass is 32.2. The number of ether oxygens (including phenoxy) is 1. The summed E-state index contributed by atoms with van der Waals surface area (Å²) in [5.41, 5.74) is 2.34. The van der Waals surface area contributed by atoms with Crippen molar-refractivity contribution in [2.24, 2.45) is 0 Å². The van der Waals surface area contributed by atoms with Gasteiger partial charge in [-0.3, -0.25) is 9.48 Å². The molecule has 8 nitrogen and oxygen atoms in total. The van der Waals surface area contributed by atoms with Crippen LogP contribution in [0.2, 0.25) is 0 Å². The standard InChI is InChI=1S/C23H27N3O5S/c1-15(2)31-18-5-7-19(8-6-18)32(29,30)25-11-10-17(14-25)26-22-9-4-16(3)12-20(22)21(24-26)13-23(27)28/h4-9,12,15,17H,10-11,13-14H2,1-3H3,(H,27,28)/t17-/m1/s1. The fraction of sp³-hybridized carbons (Fsp3) is 0.391. The van der Waals surface area contributed by atoms with Gasteiger partial charge in [-0.05, 0) is 63.6 Å². The lowest BCUT2D eigenvalue weighted by atomic mass is 10.1. The van der Waals surface area contributed by atoms with Gasteiger partial charge in [-0.2, -0.15) is 9.40 Å². The zero-order chi connectivity index (χ0) is 23.0. The molecule has 0 amide bonds. The summed E-state index contributed by atoms with van der Waals surface area (Å²) in [4.78, 5) is 11.5. The molecule has 2 heterocycles. The van der Waals surface area contributed by atoms with Gasteiger partial charge >= 0.3 is 5.97 Å². The molecule has 0 unspecified atom stereocenters. The Labute approximate surface area is 187 Å². The Morgan fingerprint density at radius 2 is 1.94 bits per heavy atom. The molecule has 170 valence electrons. The minimum Gasteiger partial charge on any atom is -0.491 e. The summed E-state index contributed by atoms with van der Waals surface area (Å²) in [5.74, 6) is -0.318. The lowest BCUT2D eigenvalue weighted by Crippen LogP contribution is -2.29. The minimum absolute atomic E-state index is 0.00972. The molecule has 9 heteroatoms. The quantitative estimate of drug-likeness (QED) is 0.584. The molecule has 0 spiro atoms. The van der Waals surface area contributed by atoms with Gasteiger partial charge in [-0.1, -0.05) is 11.6 Å². The van der Waals surface area contributed by atoms with Crippen LogP contribution >= 0.6 is 0 Å². The molecule has 0 bridgehead atoms. The van der Waals surface area contributed by atoms with E-state index in [2.05, 4.69) is 5.10 Å². The first kappa shape index (κ1) is 22.3. The van der Waals surface area contributed by atoms with Gasteiger partial charge in [-0.25, -0.2) is 8.42 Å². The number of sulfonamides is 1. The van der Waals surface area contributed by atoms with E-state index in [1.165, 1.54) is 4.31 Å². The van der Waals surface area contributed by atoms with Gasteiger partial charge in [0.05, 0.1) is 34.7 Å². The molecule has 1 aliphatic heterocycles. The summed E-state index contributed by atoms with van der Waals surface area (Å²) in [5, 5.41) is 14.6. The van der Waals surface area contributed by atoms with Crippen LogP contribution in [0.1, 0.15) is 37.6 Å². The summed E-state index contributed by atoms with van der Waals surface area (Å²) in [7, 11) is -3.65. The molecule has 0 radical (unpaired) electrons. The Kier molecular flexibility index (Phi) is 5.96. The van der Waals surface area contributed by atoms with Gasteiger partial charge < -0.3 is 9.84 Å². The molecular weight excluding hydrogens is 430 g/mol.